The smallest absolute Gasteiger partial charge is 0.120 e. The van der Waals surface area contributed by atoms with Crippen LogP contribution in [-0.2, 0) is 0 Å². The van der Waals surface area contributed by atoms with Gasteiger partial charge in [0.15, 0.2) is 0 Å². The number of methoxy groups -OCH3 is 1. The Bertz CT molecular complexity index is 404. The van der Waals surface area contributed by atoms with Crippen LogP contribution in [0.15, 0.2) is 24.3 Å². The van der Waals surface area contributed by atoms with E-state index in [1.807, 2.05) is 24.3 Å². The zero-order valence-corrected chi connectivity index (χ0v) is 13.6. The van der Waals surface area contributed by atoms with Crippen LogP contribution in [0.5, 0.6) is 11.5 Å². The third-order valence-corrected chi connectivity index (χ3v) is 4.48. The zero-order chi connectivity index (χ0) is 15.1. The average molecular weight is 291 g/mol. The van der Waals surface area contributed by atoms with Crippen LogP contribution in [0.4, 0.5) is 0 Å². The van der Waals surface area contributed by atoms with Gasteiger partial charge in [-0.25, -0.2) is 0 Å². The summed E-state index contributed by atoms with van der Waals surface area (Å²) in [6.45, 7) is 5.57. The van der Waals surface area contributed by atoms with E-state index in [2.05, 4.69) is 19.2 Å². The van der Waals surface area contributed by atoms with Gasteiger partial charge in [0.1, 0.15) is 17.6 Å². The fourth-order valence-electron chi connectivity index (χ4n) is 3.11. The van der Waals surface area contributed by atoms with Crippen LogP contribution in [0.1, 0.15) is 46.0 Å². The summed E-state index contributed by atoms with van der Waals surface area (Å²) in [5.41, 5.74) is 0. The molecule has 1 aromatic rings. The average Bonchev–Trinajstić information content (AvgIpc) is 2.54. The molecule has 21 heavy (non-hydrogen) atoms. The van der Waals surface area contributed by atoms with Crippen LogP contribution < -0.4 is 14.8 Å². The van der Waals surface area contributed by atoms with Gasteiger partial charge in [0.25, 0.3) is 0 Å². The van der Waals surface area contributed by atoms with Crippen molar-refractivity contribution in [1.82, 2.24) is 5.32 Å². The zero-order valence-electron chi connectivity index (χ0n) is 13.6. The third-order valence-electron chi connectivity index (χ3n) is 4.48. The molecule has 118 valence electrons. The molecule has 0 radical (unpaired) electrons. The Morgan fingerprint density at radius 2 is 1.81 bits per heavy atom. The van der Waals surface area contributed by atoms with Crippen molar-refractivity contribution in [2.24, 2.45) is 5.92 Å². The van der Waals surface area contributed by atoms with Crippen molar-refractivity contribution >= 4 is 0 Å². The first-order valence-corrected chi connectivity index (χ1v) is 8.30. The molecule has 3 atom stereocenters. The van der Waals surface area contributed by atoms with Gasteiger partial charge in [-0.15, -0.1) is 0 Å². The molecule has 1 aromatic carbocycles. The maximum Gasteiger partial charge on any atom is 0.120 e. The first-order valence-electron chi connectivity index (χ1n) is 8.30. The highest BCUT2D eigenvalue weighted by atomic mass is 16.5. The summed E-state index contributed by atoms with van der Waals surface area (Å²) in [5, 5.41) is 3.66. The van der Waals surface area contributed by atoms with Crippen molar-refractivity contribution in [1.29, 1.82) is 0 Å². The van der Waals surface area contributed by atoms with Crippen molar-refractivity contribution in [3.05, 3.63) is 24.3 Å². The molecule has 1 fully saturated rings. The van der Waals surface area contributed by atoms with Gasteiger partial charge in [-0.05, 0) is 62.4 Å². The molecule has 0 bridgehead atoms. The second-order valence-corrected chi connectivity index (χ2v) is 5.98. The molecule has 2 rings (SSSR count). The van der Waals surface area contributed by atoms with Gasteiger partial charge in [-0.3, -0.25) is 0 Å². The van der Waals surface area contributed by atoms with Crippen LogP contribution in [0, 0.1) is 5.92 Å². The summed E-state index contributed by atoms with van der Waals surface area (Å²) < 4.78 is 11.5. The molecule has 0 amide bonds. The van der Waals surface area contributed by atoms with Crippen LogP contribution in [0.25, 0.3) is 0 Å². The van der Waals surface area contributed by atoms with E-state index in [-0.39, 0.29) is 6.10 Å². The molecular formula is C18H29NO2. The lowest BCUT2D eigenvalue weighted by atomic mass is 9.82. The van der Waals surface area contributed by atoms with E-state index in [1.54, 1.807) is 7.11 Å². The lowest BCUT2D eigenvalue weighted by molar-refractivity contribution is 0.0849. The number of hydrogen-bond donors (Lipinski definition) is 1. The second kappa shape index (κ2) is 8.28. The van der Waals surface area contributed by atoms with Crippen molar-refractivity contribution < 1.29 is 9.47 Å². The third kappa shape index (κ3) is 4.63. The van der Waals surface area contributed by atoms with Gasteiger partial charge in [-0.1, -0.05) is 20.3 Å². The Hall–Kier alpha value is -1.22. The SMILES string of the molecule is CCCNC1CCC(CC)CC1Oc1ccc(OC)cc1. The van der Waals surface area contributed by atoms with Crippen LogP contribution >= 0.6 is 0 Å². The normalized spacial score (nSPS) is 25.6. The molecule has 1 aliphatic rings. The van der Waals surface area contributed by atoms with Crippen LogP contribution in [0.2, 0.25) is 0 Å². The first-order chi connectivity index (χ1) is 10.3. The Kier molecular flexibility index (Phi) is 6.37. The van der Waals surface area contributed by atoms with E-state index in [0.29, 0.717) is 6.04 Å². The maximum absolute atomic E-state index is 6.28. The standard InChI is InChI=1S/C18H29NO2/c1-4-12-19-17-11-6-14(5-2)13-18(17)21-16-9-7-15(20-3)8-10-16/h7-10,14,17-19H,4-6,11-13H2,1-3H3. The highest BCUT2D eigenvalue weighted by Crippen LogP contribution is 2.30. The minimum absolute atomic E-state index is 0.281. The monoisotopic (exact) mass is 291 g/mol. The van der Waals surface area contributed by atoms with E-state index < -0.39 is 0 Å². The summed E-state index contributed by atoms with van der Waals surface area (Å²) in [6, 6.07) is 8.42. The van der Waals surface area contributed by atoms with Crippen molar-refractivity contribution in [2.45, 2.75) is 58.1 Å². The lowest BCUT2D eigenvalue weighted by Crippen LogP contribution is -2.47. The van der Waals surface area contributed by atoms with Crippen molar-refractivity contribution in [2.75, 3.05) is 13.7 Å². The van der Waals surface area contributed by atoms with E-state index >= 15 is 0 Å². The van der Waals surface area contributed by atoms with Crippen molar-refractivity contribution in [3.63, 3.8) is 0 Å². The Balaban J connectivity index is 1.99. The molecule has 0 saturated heterocycles. The minimum atomic E-state index is 0.281. The van der Waals surface area contributed by atoms with E-state index in [4.69, 9.17) is 9.47 Å². The summed E-state index contributed by atoms with van der Waals surface area (Å²) in [5.74, 6) is 2.62. The summed E-state index contributed by atoms with van der Waals surface area (Å²) >= 11 is 0. The summed E-state index contributed by atoms with van der Waals surface area (Å²) in [6.07, 6.45) is 6.40. The molecule has 0 aliphatic heterocycles. The maximum atomic E-state index is 6.28. The van der Waals surface area contributed by atoms with Gasteiger partial charge in [0.2, 0.25) is 0 Å². The second-order valence-electron chi connectivity index (χ2n) is 5.98. The first kappa shape index (κ1) is 16.2. The van der Waals surface area contributed by atoms with Gasteiger partial charge in [0, 0.05) is 6.04 Å². The fourth-order valence-corrected chi connectivity index (χ4v) is 3.11. The molecule has 1 N–H and O–H groups in total. The fraction of sp³-hybridized carbons (Fsp3) is 0.667. The minimum Gasteiger partial charge on any atom is -0.497 e. The number of rotatable bonds is 7. The number of nitrogens with one attached hydrogen (secondary N) is 1. The number of hydrogen-bond acceptors (Lipinski definition) is 3. The molecule has 3 nitrogen and oxygen atoms in total. The molecule has 3 unspecified atom stereocenters. The molecule has 1 aliphatic carbocycles. The van der Waals surface area contributed by atoms with Crippen LogP contribution in [0.3, 0.4) is 0 Å². The molecule has 3 heteroatoms. The van der Waals surface area contributed by atoms with E-state index in [0.717, 1.165) is 30.4 Å². The lowest BCUT2D eigenvalue weighted by Gasteiger charge is -2.36. The van der Waals surface area contributed by atoms with E-state index in [1.165, 1.54) is 25.7 Å². The molecule has 0 heterocycles. The number of ether oxygens (including phenoxy) is 2. The Morgan fingerprint density at radius 1 is 1.10 bits per heavy atom. The molecule has 0 spiro atoms. The predicted molar refractivity (Wildman–Crippen MR) is 87.1 cm³/mol. The van der Waals surface area contributed by atoms with Crippen molar-refractivity contribution in [3.8, 4) is 11.5 Å². The largest absolute Gasteiger partial charge is 0.497 e. The highest BCUT2D eigenvalue weighted by molar-refractivity contribution is 5.31. The van der Waals surface area contributed by atoms with Gasteiger partial charge in [-0.2, -0.15) is 0 Å². The quantitative estimate of drug-likeness (QED) is 0.823. The van der Waals surface area contributed by atoms with Crippen LogP contribution in [-0.4, -0.2) is 25.8 Å². The molecule has 1 saturated carbocycles. The number of benzene rings is 1. The molecule has 0 aromatic heterocycles. The summed E-state index contributed by atoms with van der Waals surface area (Å²) in [7, 11) is 1.69. The molecular weight excluding hydrogens is 262 g/mol. The Labute approximate surface area is 129 Å². The Morgan fingerprint density at radius 3 is 2.43 bits per heavy atom. The van der Waals surface area contributed by atoms with Gasteiger partial charge < -0.3 is 14.8 Å². The van der Waals surface area contributed by atoms with Gasteiger partial charge in [0.05, 0.1) is 7.11 Å². The summed E-state index contributed by atoms with van der Waals surface area (Å²) in [4.78, 5) is 0. The highest BCUT2D eigenvalue weighted by Gasteiger charge is 2.30. The van der Waals surface area contributed by atoms with E-state index in [9.17, 15) is 0 Å². The topological polar surface area (TPSA) is 30.5 Å². The van der Waals surface area contributed by atoms with Gasteiger partial charge >= 0.3 is 0 Å². The predicted octanol–water partition coefficient (Wildman–Crippen LogP) is 4.02.